The zero-order chi connectivity index (χ0) is 13.2. The van der Waals surface area contributed by atoms with E-state index in [1.165, 1.54) is 11.3 Å². The van der Waals surface area contributed by atoms with E-state index in [1.807, 2.05) is 13.8 Å². The van der Waals surface area contributed by atoms with Gasteiger partial charge in [0.25, 0.3) is 0 Å². The third-order valence-corrected chi connectivity index (χ3v) is 5.79. The van der Waals surface area contributed by atoms with Gasteiger partial charge in [0.05, 0.1) is 5.75 Å². The van der Waals surface area contributed by atoms with Gasteiger partial charge in [-0.2, -0.15) is 0 Å². The minimum atomic E-state index is -3.27. The largest absolute Gasteiger partial charge is 0.257 e. The zero-order valence-corrected chi connectivity index (χ0v) is 12.4. The molecule has 1 heterocycles. The highest BCUT2D eigenvalue weighted by Gasteiger charge is 2.23. The summed E-state index contributed by atoms with van der Waals surface area (Å²) in [5.74, 6) is 0.791. The first-order valence-corrected chi connectivity index (χ1v) is 8.77. The van der Waals surface area contributed by atoms with Crippen molar-refractivity contribution in [3.05, 3.63) is 5.01 Å². The number of sulfonamides is 1. The molecule has 1 aliphatic carbocycles. The highest BCUT2D eigenvalue weighted by atomic mass is 32.2. The molecule has 2 rings (SSSR count). The third kappa shape index (κ3) is 3.65. The predicted octanol–water partition coefficient (Wildman–Crippen LogP) is 2.59. The fourth-order valence-corrected chi connectivity index (χ4v) is 4.66. The first-order chi connectivity index (χ1) is 8.46. The summed E-state index contributed by atoms with van der Waals surface area (Å²) in [6, 6.07) is 0. The molecule has 0 amide bonds. The van der Waals surface area contributed by atoms with E-state index in [2.05, 4.69) is 14.9 Å². The van der Waals surface area contributed by atoms with Gasteiger partial charge in [0.15, 0.2) is 0 Å². The van der Waals surface area contributed by atoms with E-state index in [0.717, 1.165) is 30.7 Å². The van der Waals surface area contributed by atoms with Crippen molar-refractivity contribution >= 4 is 26.5 Å². The van der Waals surface area contributed by atoms with Gasteiger partial charge in [0, 0.05) is 5.92 Å². The van der Waals surface area contributed by atoms with Crippen LogP contribution < -0.4 is 4.72 Å². The molecule has 0 atom stereocenters. The van der Waals surface area contributed by atoms with Gasteiger partial charge in [0.1, 0.15) is 5.01 Å². The summed E-state index contributed by atoms with van der Waals surface area (Å²) >= 11 is 1.31. The number of aromatic nitrogens is 2. The van der Waals surface area contributed by atoms with Gasteiger partial charge in [-0.05, 0) is 18.8 Å². The van der Waals surface area contributed by atoms with Crippen LogP contribution in [0.25, 0.3) is 0 Å². The Kier molecular flexibility index (Phi) is 4.21. The summed E-state index contributed by atoms with van der Waals surface area (Å²) in [6.45, 7) is 4.02. The summed E-state index contributed by atoms with van der Waals surface area (Å²) in [7, 11) is -3.27. The van der Waals surface area contributed by atoms with Crippen LogP contribution in [0, 0.1) is 5.92 Å². The van der Waals surface area contributed by atoms with Crippen LogP contribution in [0.4, 0.5) is 5.13 Å². The maximum atomic E-state index is 12.0. The highest BCUT2D eigenvalue weighted by Crippen LogP contribution is 2.27. The molecule has 0 aliphatic heterocycles. The van der Waals surface area contributed by atoms with Gasteiger partial charge < -0.3 is 0 Å². The lowest BCUT2D eigenvalue weighted by atomic mass is 10.1. The lowest BCUT2D eigenvalue weighted by Crippen LogP contribution is -2.21. The molecule has 5 nitrogen and oxygen atoms in total. The maximum Gasteiger partial charge on any atom is 0.234 e. The Labute approximate surface area is 112 Å². The Morgan fingerprint density at radius 3 is 2.56 bits per heavy atom. The van der Waals surface area contributed by atoms with Gasteiger partial charge in [-0.3, -0.25) is 4.72 Å². The molecule has 0 unspecified atom stereocenters. The molecule has 1 saturated carbocycles. The molecule has 0 spiro atoms. The first-order valence-electron chi connectivity index (χ1n) is 6.30. The smallest absolute Gasteiger partial charge is 0.234 e. The van der Waals surface area contributed by atoms with Crippen molar-refractivity contribution in [1.82, 2.24) is 10.2 Å². The summed E-state index contributed by atoms with van der Waals surface area (Å²) in [4.78, 5) is 0. The van der Waals surface area contributed by atoms with E-state index in [4.69, 9.17) is 0 Å². The number of nitrogens with one attached hydrogen (secondary N) is 1. The van der Waals surface area contributed by atoms with Gasteiger partial charge in [-0.15, -0.1) is 10.2 Å². The van der Waals surface area contributed by atoms with Crippen molar-refractivity contribution in [2.75, 3.05) is 10.5 Å². The molecule has 0 bridgehead atoms. The molecule has 0 radical (unpaired) electrons. The van der Waals surface area contributed by atoms with Crippen molar-refractivity contribution in [3.63, 3.8) is 0 Å². The Morgan fingerprint density at radius 1 is 1.33 bits per heavy atom. The van der Waals surface area contributed by atoms with Crippen LogP contribution in [0.2, 0.25) is 0 Å². The standard InChI is InChI=1S/C11H19N3O2S2/c1-8(2)10-12-13-11(17-10)14-18(15,16)7-9-5-3-4-6-9/h8-9H,3-7H2,1-2H3,(H,13,14). The Hall–Kier alpha value is -0.690. The summed E-state index contributed by atoms with van der Waals surface area (Å²) < 4.78 is 26.5. The van der Waals surface area contributed by atoms with Crippen LogP contribution in [0.5, 0.6) is 0 Å². The minimum absolute atomic E-state index is 0.212. The quantitative estimate of drug-likeness (QED) is 0.904. The fourth-order valence-electron chi connectivity index (χ4n) is 2.17. The predicted molar refractivity (Wildman–Crippen MR) is 73.4 cm³/mol. The van der Waals surface area contributed by atoms with E-state index < -0.39 is 10.0 Å². The van der Waals surface area contributed by atoms with Crippen molar-refractivity contribution in [1.29, 1.82) is 0 Å². The lowest BCUT2D eigenvalue weighted by Gasteiger charge is -2.09. The zero-order valence-electron chi connectivity index (χ0n) is 10.7. The average Bonchev–Trinajstić information content (AvgIpc) is 2.87. The summed E-state index contributed by atoms with van der Waals surface area (Å²) in [6.07, 6.45) is 4.34. The third-order valence-electron chi connectivity index (χ3n) is 3.11. The Balaban J connectivity index is 1.97. The maximum absolute atomic E-state index is 12.0. The average molecular weight is 289 g/mol. The molecule has 0 aromatic carbocycles. The first kappa shape index (κ1) is 13.7. The van der Waals surface area contributed by atoms with Gasteiger partial charge in [-0.1, -0.05) is 38.0 Å². The second-order valence-electron chi connectivity index (χ2n) is 5.13. The van der Waals surface area contributed by atoms with Crippen molar-refractivity contribution in [2.24, 2.45) is 5.92 Å². The molecule has 1 aliphatic rings. The van der Waals surface area contributed by atoms with Crippen LogP contribution >= 0.6 is 11.3 Å². The van der Waals surface area contributed by atoms with E-state index in [1.54, 1.807) is 0 Å². The summed E-state index contributed by atoms with van der Waals surface area (Å²) in [5, 5.41) is 9.09. The number of hydrogen-bond acceptors (Lipinski definition) is 5. The highest BCUT2D eigenvalue weighted by molar-refractivity contribution is 7.92. The molecular formula is C11H19N3O2S2. The molecule has 18 heavy (non-hydrogen) atoms. The molecule has 1 N–H and O–H groups in total. The SMILES string of the molecule is CC(C)c1nnc(NS(=O)(=O)CC2CCCC2)s1. The molecular weight excluding hydrogens is 270 g/mol. The van der Waals surface area contributed by atoms with Crippen LogP contribution in [-0.4, -0.2) is 24.4 Å². The van der Waals surface area contributed by atoms with E-state index >= 15 is 0 Å². The van der Waals surface area contributed by atoms with Crippen molar-refractivity contribution < 1.29 is 8.42 Å². The van der Waals surface area contributed by atoms with Crippen LogP contribution in [0.15, 0.2) is 0 Å². The van der Waals surface area contributed by atoms with E-state index in [0.29, 0.717) is 11.0 Å². The second-order valence-corrected chi connectivity index (χ2v) is 7.91. The molecule has 7 heteroatoms. The van der Waals surface area contributed by atoms with Crippen LogP contribution in [0.3, 0.4) is 0 Å². The Morgan fingerprint density at radius 2 is 2.00 bits per heavy atom. The Bertz CT molecular complexity index is 490. The molecule has 1 aromatic heterocycles. The van der Waals surface area contributed by atoms with E-state index in [9.17, 15) is 8.42 Å². The lowest BCUT2D eigenvalue weighted by molar-refractivity contribution is 0.563. The minimum Gasteiger partial charge on any atom is -0.257 e. The summed E-state index contributed by atoms with van der Waals surface area (Å²) in [5.41, 5.74) is 0. The molecule has 102 valence electrons. The number of rotatable bonds is 5. The fraction of sp³-hybridized carbons (Fsp3) is 0.818. The number of hydrogen-bond donors (Lipinski definition) is 1. The van der Waals surface area contributed by atoms with Crippen LogP contribution in [-0.2, 0) is 10.0 Å². The van der Waals surface area contributed by atoms with Crippen molar-refractivity contribution in [2.45, 2.75) is 45.4 Å². The molecule has 1 fully saturated rings. The number of anilines is 1. The van der Waals surface area contributed by atoms with Crippen molar-refractivity contribution in [3.8, 4) is 0 Å². The normalized spacial score (nSPS) is 17.5. The molecule has 1 aromatic rings. The van der Waals surface area contributed by atoms with Crippen LogP contribution in [0.1, 0.15) is 50.5 Å². The molecule has 0 saturated heterocycles. The monoisotopic (exact) mass is 289 g/mol. The topological polar surface area (TPSA) is 72.0 Å². The van der Waals surface area contributed by atoms with Gasteiger partial charge >= 0.3 is 0 Å². The van der Waals surface area contributed by atoms with Gasteiger partial charge in [0.2, 0.25) is 15.2 Å². The van der Waals surface area contributed by atoms with E-state index in [-0.39, 0.29) is 11.7 Å². The second kappa shape index (κ2) is 5.52. The number of nitrogens with zero attached hydrogens (tertiary/aromatic N) is 2. The van der Waals surface area contributed by atoms with Gasteiger partial charge in [-0.25, -0.2) is 8.42 Å².